The van der Waals surface area contributed by atoms with Crippen molar-refractivity contribution in [3.63, 3.8) is 0 Å². The summed E-state index contributed by atoms with van der Waals surface area (Å²) >= 11 is 7.85. The molecule has 0 aliphatic heterocycles. The number of anilines is 1. The fraction of sp³-hybridized carbons (Fsp3) is 0.182. The van der Waals surface area contributed by atoms with Crippen molar-refractivity contribution < 1.29 is 14.7 Å². The minimum absolute atomic E-state index is 0.00902. The molecular weight excluding hydrogens is 394 g/mol. The van der Waals surface area contributed by atoms with E-state index in [-0.39, 0.29) is 22.6 Å². The number of halogens is 1. The van der Waals surface area contributed by atoms with Crippen LogP contribution in [-0.4, -0.2) is 17.0 Å². The lowest BCUT2D eigenvalue weighted by Gasteiger charge is -2.19. The Morgan fingerprint density at radius 2 is 1.75 bits per heavy atom. The van der Waals surface area contributed by atoms with E-state index in [1.54, 1.807) is 12.1 Å². The molecule has 0 saturated heterocycles. The van der Waals surface area contributed by atoms with Gasteiger partial charge in [-0.25, -0.2) is 4.79 Å². The molecule has 1 heterocycles. The zero-order chi connectivity index (χ0) is 20.5. The molecular formula is C22H20ClNO3S. The third kappa shape index (κ3) is 4.26. The van der Waals surface area contributed by atoms with E-state index in [1.165, 1.54) is 23.5 Å². The Kier molecular flexibility index (Phi) is 5.59. The van der Waals surface area contributed by atoms with Crippen LogP contribution in [-0.2, 0) is 5.41 Å². The number of carbonyl (C=O) groups is 2. The molecule has 3 rings (SSSR count). The van der Waals surface area contributed by atoms with E-state index in [0.717, 1.165) is 11.1 Å². The number of carbonyl (C=O) groups excluding carboxylic acids is 1. The summed E-state index contributed by atoms with van der Waals surface area (Å²) in [6.45, 7) is 6.29. The Hall–Kier alpha value is -2.63. The second-order valence-corrected chi connectivity index (χ2v) is 8.66. The molecule has 0 aliphatic rings. The van der Waals surface area contributed by atoms with E-state index in [0.29, 0.717) is 16.1 Å². The number of rotatable bonds is 4. The number of benzene rings is 2. The van der Waals surface area contributed by atoms with E-state index < -0.39 is 5.97 Å². The minimum Gasteiger partial charge on any atom is -0.478 e. The Bertz CT molecular complexity index is 1020. The molecule has 144 valence electrons. The minimum atomic E-state index is -1.13. The summed E-state index contributed by atoms with van der Waals surface area (Å²) in [7, 11) is 0. The molecule has 6 heteroatoms. The lowest BCUT2D eigenvalue weighted by Crippen LogP contribution is -2.16. The zero-order valence-corrected chi connectivity index (χ0v) is 17.3. The number of nitrogens with one attached hydrogen (secondary N) is 1. The predicted molar refractivity (Wildman–Crippen MR) is 115 cm³/mol. The lowest BCUT2D eigenvalue weighted by atomic mass is 9.86. The van der Waals surface area contributed by atoms with Crippen molar-refractivity contribution in [2.45, 2.75) is 26.2 Å². The van der Waals surface area contributed by atoms with Crippen molar-refractivity contribution in [2.75, 3.05) is 5.32 Å². The molecule has 0 spiro atoms. The first kappa shape index (κ1) is 20.1. The first-order chi connectivity index (χ1) is 13.2. The molecule has 1 aromatic heterocycles. The second kappa shape index (κ2) is 7.78. The first-order valence-corrected chi connectivity index (χ1v) is 10.00. The average molecular weight is 414 g/mol. The number of hydrogen-bond acceptors (Lipinski definition) is 3. The molecule has 0 unspecified atom stereocenters. The Labute approximate surface area is 172 Å². The molecule has 1 amide bonds. The maximum Gasteiger partial charge on any atom is 0.337 e. The van der Waals surface area contributed by atoms with E-state index in [1.807, 2.05) is 29.0 Å². The third-order valence-corrected chi connectivity index (χ3v) is 5.43. The number of hydrogen-bond donors (Lipinski definition) is 2. The maximum atomic E-state index is 12.6. The maximum absolute atomic E-state index is 12.6. The molecule has 0 bridgehead atoms. The number of aromatic carboxylic acids is 1. The molecule has 28 heavy (non-hydrogen) atoms. The van der Waals surface area contributed by atoms with Crippen LogP contribution in [0.5, 0.6) is 0 Å². The number of carboxylic acids is 1. The van der Waals surface area contributed by atoms with Crippen LogP contribution in [0.3, 0.4) is 0 Å². The zero-order valence-electron chi connectivity index (χ0n) is 15.7. The fourth-order valence-corrected chi connectivity index (χ4v) is 3.74. The fourth-order valence-electron chi connectivity index (χ4n) is 2.81. The van der Waals surface area contributed by atoms with Gasteiger partial charge in [0.1, 0.15) is 0 Å². The van der Waals surface area contributed by atoms with Crippen LogP contribution in [0.2, 0.25) is 5.02 Å². The molecule has 0 aliphatic carbocycles. The molecule has 4 nitrogen and oxygen atoms in total. The summed E-state index contributed by atoms with van der Waals surface area (Å²) in [5, 5.41) is 16.4. The highest BCUT2D eigenvalue weighted by Gasteiger charge is 2.19. The quantitative estimate of drug-likeness (QED) is 0.526. The number of amides is 1. The Morgan fingerprint density at radius 1 is 1.07 bits per heavy atom. The van der Waals surface area contributed by atoms with Gasteiger partial charge < -0.3 is 10.4 Å². The van der Waals surface area contributed by atoms with Gasteiger partial charge in [-0.05, 0) is 57.6 Å². The van der Waals surface area contributed by atoms with E-state index in [4.69, 9.17) is 11.6 Å². The standard InChI is InChI=1S/C22H20ClNO3S/c1-22(2,3)15-6-4-13(5-7-15)20(25)24-19-11-18(23)16(10-17(19)21(26)27)14-8-9-28-12-14/h4-12H,1-3H3,(H,24,25)(H,26,27). The first-order valence-electron chi connectivity index (χ1n) is 8.68. The Balaban J connectivity index is 1.92. The normalized spacial score (nSPS) is 11.3. The van der Waals surface area contributed by atoms with Gasteiger partial charge >= 0.3 is 5.97 Å². The summed E-state index contributed by atoms with van der Waals surface area (Å²) < 4.78 is 0. The molecule has 0 saturated carbocycles. The summed E-state index contributed by atoms with van der Waals surface area (Å²) in [5.74, 6) is -1.52. The summed E-state index contributed by atoms with van der Waals surface area (Å²) in [4.78, 5) is 24.4. The predicted octanol–water partition coefficient (Wildman–Crippen LogP) is 6.32. The van der Waals surface area contributed by atoms with Crippen LogP contribution < -0.4 is 5.32 Å². The molecule has 0 atom stereocenters. The van der Waals surface area contributed by atoms with Crippen molar-refractivity contribution in [3.05, 3.63) is 74.9 Å². The van der Waals surface area contributed by atoms with Gasteiger partial charge in [0.15, 0.2) is 0 Å². The van der Waals surface area contributed by atoms with Gasteiger partial charge in [0, 0.05) is 11.1 Å². The SMILES string of the molecule is CC(C)(C)c1ccc(C(=O)Nc2cc(Cl)c(-c3ccsc3)cc2C(=O)O)cc1. The molecule has 3 aromatic rings. The van der Waals surface area contributed by atoms with Crippen LogP contribution in [0.15, 0.2) is 53.2 Å². The van der Waals surface area contributed by atoms with E-state index in [2.05, 4.69) is 26.1 Å². The van der Waals surface area contributed by atoms with Crippen LogP contribution in [0.4, 0.5) is 5.69 Å². The van der Waals surface area contributed by atoms with Crippen LogP contribution in [0.25, 0.3) is 11.1 Å². The van der Waals surface area contributed by atoms with Gasteiger partial charge in [-0.3, -0.25) is 4.79 Å². The van der Waals surface area contributed by atoms with Gasteiger partial charge in [0.25, 0.3) is 5.91 Å². The smallest absolute Gasteiger partial charge is 0.337 e. The van der Waals surface area contributed by atoms with Crippen molar-refractivity contribution in [1.29, 1.82) is 0 Å². The van der Waals surface area contributed by atoms with Crippen LogP contribution in [0.1, 0.15) is 47.1 Å². The van der Waals surface area contributed by atoms with E-state index in [9.17, 15) is 14.7 Å². The van der Waals surface area contributed by atoms with Crippen molar-refractivity contribution in [3.8, 4) is 11.1 Å². The van der Waals surface area contributed by atoms with Crippen molar-refractivity contribution in [1.82, 2.24) is 0 Å². The summed E-state index contributed by atoms with van der Waals surface area (Å²) in [6.07, 6.45) is 0. The third-order valence-electron chi connectivity index (χ3n) is 4.43. The summed E-state index contributed by atoms with van der Waals surface area (Å²) in [5.41, 5.74) is 3.16. The highest BCUT2D eigenvalue weighted by atomic mass is 35.5. The van der Waals surface area contributed by atoms with E-state index >= 15 is 0 Å². The number of thiophene rings is 1. The number of carboxylic acid groups (broad SMARTS) is 1. The largest absolute Gasteiger partial charge is 0.478 e. The van der Waals surface area contributed by atoms with Crippen molar-refractivity contribution in [2.24, 2.45) is 0 Å². The molecule has 2 aromatic carbocycles. The topological polar surface area (TPSA) is 66.4 Å². The van der Waals surface area contributed by atoms with Gasteiger partial charge in [-0.15, -0.1) is 0 Å². The monoisotopic (exact) mass is 413 g/mol. The van der Waals surface area contributed by atoms with Gasteiger partial charge in [0.05, 0.1) is 16.3 Å². The van der Waals surface area contributed by atoms with Gasteiger partial charge in [-0.2, -0.15) is 11.3 Å². The van der Waals surface area contributed by atoms with Gasteiger partial charge in [0.2, 0.25) is 0 Å². The highest BCUT2D eigenvalue weighted by Crippen LogP contribution is 2.34. The van der Waals surface area contributed by atoms with Crippen LogP contribution in [0, 0.1) is 0 Å². The lowest BCUT2D eigenvalue weighted by molar-refractivity contribution is 0.0698. The second-order valence-electron chi connectivity index (χ2n) is 7.48. The molecule has 0 radical (unpaired) electrons. The highest BCUT2D eigenvalue weighted by molar-refractivity contribution is 7.08. The Morgan fingerprint density at radius 3 is 2.29 bits per heavy atom. The average Bonchev–Trinajstić information content (AvgIpc) is 3.15. The summed E-state index contributed by atoms with van der Waals surface area (Å²) in [6, 6.07) is 12.1. The van der Waals surface area contributed by atoms with Crippen LogP contribution >= 0.6 is 22.9 Å². The van der Waals surface area contributed by atoms with Crippen molar-refractivity contribution >= 4 is 40.5 Å². The van der Waals surface area contributed by atoms with Gasteiger partial charge in [-0.1, -0.05) is 44.5 Å². The molecule has 0 fully saturated rings. The molecule has 2 N–H and O–H groups in total.